The zero-order valence-electron chi connectivity index (χ0n) is 13.5. The number of carbonyl (C=O) groups excluding carboxylic acids is 2. The highest BCUT2D eigenvalue weighted by Crippen LogP contribution is 2.08. The van der Waals surface area contributed by atoms with Gasteiger partial charge in [0.05, 0.1) is 13.5 Å². The van der Waals surface area contributed by atoms with Crippen molar-refractivity contribution in [2.75, 3.05) is 7.11 Å². The number of rotatable bonds is 7. The van der Waals surface area contributed by atoms with Crippen LogP contribution in [0.3, 0.4) is 0 Å². The van der Waals surface area contributed by atoms with Gasteiger partial charge in [-0.3, -0.25) is 4.79 Å². The number of amides is 1. The predicted molar refractivity (Wildman–Crippen MR) is 88.8 cm³/mol. The van der Waals surface area contributed by atoms with Crippen molar-refractivity contribution >= 4 is 11.9 Å². The molecule has 1 atom stereocenters. The van der Waals surface area contributed by atoms with Crippen molar-refractivity contribution in [1.82, 2.24) is 5.32 Å². The Morgan fingerprint density at radius 3 is 2.33 bits per heavy atom. The average molecular weight is 329 g/mol. The molecule has 0 radical (unpaired) electrons. The number of hydrogen-bond acceptors (Lipinski definition) is 3. The van der Waals surface area contributed by atoms with Crippen LogP contribution in [0, 0.1) is 5.82 Å². The Kier molecular flexibility index (Phi) is 6.49. The highest BCUT2D eigenvalue weighted by molar-refractivity contribution is 5.85. The first-order valence-electron chi connectivity index (χ1n) is 7.74. The summed E-state index contributed by atoms with van der Waals surface area (Å²) < 4.78 is 17.7. The second kappa shape index (κ2) is 8.82. The first kappa shape index (κ1) is 17.7. The van der Waals surface area contributed by atoms with Crippen molar-refractivity contribution in [3.05, 3.63) is 71.5 Å². The van der Waals surface area contributed by atoms with Gasteiger partial charge >= 0.3 is 5.97 Å². The predicted octanol–water partition coefficient (Wildman–Crippen LogP) is 2.66. The molecule has 0 spiro atoms. The topological polar surface area (TPSA) is 55.4 Å². The Labute approximate surface area is 140 Å². The van der Waals surface area contributed by atoms with Crippen molar-refractivity contribution in [1.29, 1.82) is 0 Å². The van der Waals surface area contributed by atoms with Gasteiger partial charge in [0.1, 0.15) is 11.9 Å². The van der Waals surface area contributed by atoms with Crippen LogP contribution >= 0.6 is 0 Å². The molecule has 0 saturated carbocycles. The van der Waals surface area contributed by atoms with Crippen molar-refractivity contribution in [3.8, 4) is 0 Å². The number of methoxy groups -OCH3 is 1. The molecule has 0 saturated heterocycles. The molecule has 126 valence electrons. The fourth-order valence-electron chi connectivity index (χ4n) is 2.38. The number of ether oxygens (including phenoxy) is 1. The third-order valence-electron chi connectivity index (χ3n) is 3.66. The molecule has 24 heavy (non-hydrogen) atoms. The van der Waals surface area contributed by atoms with Gasteiger partial charge in [0.2, 0.25) is 5.91 Å². The molecule has 0 aliphatic rings. The maximum Gasteiger partial charge on any atom is 0.328 e. The van der Waals surface area contributed by atoms with E-state index in [2.05, 4.69) is 5.32 Å². The van der Waals surface area contributed by atoms with Crippen LogP contribution in [0.15, 0.2) is 54.6 Å². The molecular formula is C19H20FNO3. The molecule has 1 amide bonds. The summed E-state index contributed by atoms with van der Waals surface area (Å²) in [4.78, 5) is 24.0. The highest BCUT2D eigenvalue weighted by atomic mass is 19.1. The third-order valence-corrected chi connectivity index (χ3v) is 3.66. The van der Waals surface area contributed by atoms with E-state index in [0.717, 1.165) is 5.56 Å². The van der Waals surface area contributed by atoms with Crippen molar-refractivity contribution in [2.24, 2.45) is 0 Å². The van der Waals surface area contributed by atoms with E-state index in [-0.39, 0.29) is 18.1 Å². The third kappa shape index (κ3) is 5.50. The van der Waals surface area contributed by atoms with Crippen LogP contribution in [0.4, 0.5) is 4.39 Å². The monoisotopic (exact) mass is 329 g/mol. The number of esters is 1. The molecular weight excluding hydrogens is 309 g/mol. The number of hydrogen-bond donors (Lipinski definition) is 1. The molecule has 4 nitrogen and oxygen atoms in total. The number of benzene rings is 2. The van der Waals surface area contributed by atoms with Crippen LogP contribution in [0.1, 0.15) is 17.5 Å². The minimum Gasteiger partial charge on any atom is -0.467 e. The normalized spacial score (nSPS) is 11.6. The molecule has 0 aliphatic heterocycles. The van der Waals surface area contributed by atoms with Gasteiger partial charge in [-0.05, 0) is 36.1 Å². The van der Waals surface area contributed by atoms with Gasteiger partial charge < -0.3 is 10.1 Å². The zero-order chi connectivity index (χ0) is 17.4. The van der Waals surface area contributed by atoms with E-state index in [1.165, 1.54) is 19.2 Å². The second-order valence-corrected chi connectivity index (χ2v) is 5.47. The molecule has 0 aliphatic carbocycles. The van der Waals surface area contributed by atoms with Crippen LogP contribution in [-0.4, -0.2) is 25.0 Å². The second-order valence-electron chi connectivity index (χ2n) is 5.47. The average Bonchev–Trinajstić information content (AvgIpc) is 2.60. The van der Waals surface area contributed by atoms with Crippen LogP contribution in [0.25, 0.3) is 0 Å². The van der Waals surface area contributed by atoms with E-state index < -0.39 is 12.0 Å². The first-order chi connectivity index (χ1) is 11.6. The largest absolute Gasteiger partial charge is 0.467 e. The zero-order valence-corrected chi connectivity index (χ0v) is 13.5. The maximum absolute atomic E-state index is 12.9. The van der Waals surface area contributed by atoms with E-state index in [4.69, 9.17) is 4.74 Å². The molecule has 0 unspecified atom stereocenters. The van der Waals surface area contributed by atoms with Crippen LogP contribution in [0.5, 0.6) is 0 Å². The molecule has 2 aromatic carbocycles. The Morgan fingerprint density at radius 2 is 1.71 bits per heavy atom. The van der Waals surface area contributed by atoms with Crippen LogP contribution in [0.2, 0.25) is 0 Å². The van der Waals surface area contributed by atoms with Crippen molar-refractivity contribution in [2.45, 2.75) is 25.3 Å². The van der Waals surface area contributed by atoms with Gasteiger partial charge in [0, 0.05) is 0 Å². The number of halogens is 1. The number of carbonyl (C=O) groups is 2. The summed E-state index contributed by atoms with van der Waals surface area (Å²) in [5, 5.41) is 2.69. The Bertz CT molecular complexity index is 671. The molecule has 0 bridgehead atoms. The Morgan fingerprint density at radius 1 is 1.04 bits per heavy atom. The van der Waals surface area contributed by atoms with Gasteiger partial charge in [0.15, 0.2) is 0 Å². The van der Waals surface area contributed by atoms with Gasteiger partial charge in [-0.15, -0.1) is 0 Å². The summed E-state index contributed by atoms with van der Waals surface area (Å²) >= 11 is 0. The lowest BCUT2D eigenvalue weighted by Crippen LogP contribution is -2.42. The Hall–Kier alpha value is -2.69. The first-order valence-corrected chi connectivity index (χ1v) is 7.74. The molecule has 0 aromatic heterocycles. The SMILES string of the molecule is COC(=O)[C@H](CCc1ccccc1)NC(=O)Cc1ccc(F)cc1. The van der Waals surface area contributed by atoms with E-state index in [1.54, 1.807) is 12.1 Å². The fourth-order valence-corrected chi connectivity index (χ4v) is 2.38. The molecule has 2 rings (SSSR count). The van der Waals surface area contributed by atoms with Gasteiger partial charge in [-0.2, -0.15) is 0 Å². The van der Waals surface area contributed by atoms with Gasteiger partial charge in [0.25, 0.3) is 0 Å². The quantitative estimate of drug-likeness (QED) is 0.795. The summed E-state index contributed by atoms with van der Waals surface area (Å²) in [5.41, 5.74) is 1.76. The van der Waals surface area contributed by atoms with E-state index in [1.807, 2.05) is 30.3 Å². The van der Waals surface area contributed by atoms with E-state index >= 15 is 0 Å². The summed E-state index contributed by atoms with van der Waals surface area (Å²) in [6, 6.07) is 14.7. The molecule has 2 aromatic rings. The van der Waals surface area contributed by atoms with E-state index in [0.29, 0.717) is 18.4 Å². The van der Waals surface area contributed by atoms with Crippen LogP contribution < -0.4 is 5.32 Å². The molecule has 5 heteroatoms. The fraction of sp³-hybridized carbons (Fsp3) is 0.263. The van der Waals surface area contributed by atoms with Gasteiger partial charge in [-0.1, -0.05) is 42.5 Å². The highest BCUT2D eigenvalue weighted by Gasteiger charge is 2.21. The minimum absolute atomic E-state index is 0.0825. The number of aryl methyl sites for hydroxylation is 1. The summed E-state index contributed by atoms with van der Waals surface area (Å²) in [6.45, 7) is 0. The molecule has 0 heterocycles. The van der Waals surface area contributed by atoms with Gasteiger partial charge in [-0.25, -0.2) is 9.18 Å². The molecule has 0 fully saturated rings. The number of nitrogens with one attached hydrogen (secondary N) is 1. The lowest BCUT2D eigenvalue weighted by molar-refractivity contribution is -0.145. The summed E-state index contributed by atoms with van der Waals surface area (Å²) in [7, 11) is 1.30. The Balaban J connectivity index is 1.93. The van der Waals surface area contributed by atoms with Crippen LogP contribution in [-0.2, 0) is 27.2 Å². The molecule has 1 N–H and O–H groups in total. The summed E-state index contributed by atoms with van der Waals surface area (Å²) in [5.74, 6) is -1.13. The lowest BCUT2D eigenvalue weighted by Gasteiger charge is -2.16. The van der Waals surface area contributed by atoms with Crippen molar-refractivity contribution < 1.29 is 18.7 Å². The van der Waals surface area contributed by atoms with Crippen molar-refractivity contribution in [3.63, 3.8) is 0 Å². The summed E-state index contributed by atoms with van der Waals surface area (Å²) in [6.07, 6.45) is 1.18. The maximum atomic E-state index is 12.9. The smallest absolute Gasteiger partial charge is 0.328 e. The van der Waals surface area contributed by atoms with E-state index in [9.17, 15) is 14.0 Å². The lowest BCUT2D eigenvalue weighted by atomic mass is 10.0. The minimum atomic E-state index is -0.705. The standard InChI is InChI=1S/C19H20FNO3/c1-24-19(23)17(12-9-14-5-3-2-4-6-14)21-18(22)13-15-7-10-16(20)11-8-15/h2-8,10-11,17H,9,12-13H2,1H3,(H,21,22)/t17-/m0/s1.